The number of hydrogen-bond donors (Lipinski definition) is 2. The van der Waals surface area contributed by atoms with Crippen LogP contribution in [-0.2, 0) is 5.04 Å². The fourth-order valence-electron chi connectivity index (χ4n) is 0. The SMILES string of the molecule is C.OOO.[U].[U]. The number of rotatable bonds is 0. The van der Waals surface area contributed by atoms with E-state index in [1.165, 1.54) is 0 Å². The maximum Gasteiger partial charge on any atom is 0 e. The van der Waals surface area contributed by atoms with Crippen LogP contribution >= 0.6 is 0 Å². The molecule has 0 saturated heterocycles. The van der Waals surface area contributed by atoms with Crippen molar-refractivity contribution in [1.29, 1.82) is 0 Å². The Bertz CT molecular complexity index is 8.75. The topological polar surface area (TPSA) is 49.7 Å². The predicted molar refractivity (Wildman–Crippen MR) is 13.1 cm³/mol. The molecule has 0 aliphatic carbocycles. The molecule has 0 aromatic heterocycles. The van der Waals surface area contributed by atoms with Crippen LogP contribution < -0.4 is 0 Å². The van der Waals surface area contributed by atoms with Crippen molar-refractivity contribution in [3.8, 4) is 0 Å². The molecule has 0 aromatic rings. The van der Waals surface area contributed by atoms with Gasteiger partial charge < -0.3 is 0 Å². The van der Waals surface area contributed by atoms with Crippen molar-refractivity contribution in [3.63, 3.8) is 0 Å². The van der Waals surface area contributed by atoms with Crippen LogP contribution in [0.4, 0.5) is 0 Å². The van der Waals surface area contributed by atoms with E-state index < -0.39 is 0 Å². The molecule has 0 unspecified atom stereocenters. The zero-order chi connectivity index (χ0) is 2.71. The maximum atomic E-state index is 6.62. The maximum absolute atomic E-state index is 6.62. The molecule has 6 heavy (non-hydrogen) atoms. The van der Waals surface area contributed by atoms with Crippen molar-refractivity contribution in [2.45, 2.75) is 7.43 Å². The molecule has 0 aliphatic heterocycles. The predicted octanol–water partition coefficient (Wildman–Crippen LogP) is 0.585. The second-order valence-electron chi connectivity index (χ2n) is 0.0816. The Morgan fingerprint density at radius 1 is 1.00 bits per heavy atom. The Balaban J connectivity index is -0.00000000667. The Hall–Kier alpha value is 1.98. The van der Waals surface area contributed by atoms with E-state index in [1.807, 2.05) is 0 Å². The first-order valence-corrected chi connectivity index (χ1v) is 0.365. The number of hydrogen-bond acceptors (Lipinski definition) is 3. The van der Waals surface area contributed by atoms with Gasteiger partial charge in [0.25, 0.3) is 0 Å². The van der Waals surface area contributed by atoms with Gasteiger partial charge in [-0.3, -0.25) is 0 Å². The van der Waals surface area contributed by atoms with Crippen molar-refractivity contribution in [2.75, 3.05) is 0 Å². The van der Waals surface area contributed by atoms with Crippen LogP contribution in [0.5, 0.6) is 0 Å². The molecule has 5 heteroatoms. The van der Waals surface area contributed by atoms with Crippen LogP contribution in [0.1, 0.15) is 7.43 Å². The molecule has 0 heterocycles. The van der Waals surface area contributed by atoms with Gasteiger partial charge in [0, 0.05) is 62.2 Å². The molecule has 2 N–H and O–H groups in total. The van der Waals surface area contributed by atoms with Crippen LogP contribution in [-0.4, -0.2) is 10.5 Å². The largest absolute Gasteiger partial charge is 0.221 e. The van der Waals surface area contributed by atoms with Crippen molar-refractivity contribution in [3.05, 3.63) is 0 Å². The van der Waals surface area contributed by atoms with E-state index in [9.17, 15) is 0 Å². The van der Waals surface area contributed by atoms with Crippen LogP contribution in [0.3, 0.4) is 0 Å². The summed E-state index contributed by atoms with van der Waals surface area (Å²) in [4.78, 5) is 0. The van der Waals surface area contributed by atoms with Gasteiger partial charge >= 0.3 is 0 Å². The molecule has 36 valence electrons. The van der Waals surface area contributed by atoms with Crippen LogP contribution in [0, 0.1) is 62.2 Å². The molecule has 0 radical (unpaired) electrons. The third-order valence-electron chi connectivity index (χ3n) is 0. The van der Waals surface area contributed by atoms with Crippen molar-refractivity contribution in [2.24, 2.45) is 0 Å². The first kappa shape index (κ1) is 24.5. The van der Waals surface area contributed by atoms with Gasteiger partial charge in [0.15, 0.2) is 0 Å². The van der Waals surface area contributed by atoms with E-state index in [-0.39, 0.29) is 69.7 Å². The van der Waals surface area contributed by atoms with Gasteiger partial charge in [-0.05, 0) is 0 Å². The average molecular weight is 542 g/mol. The fraction of sp³-hybridized carbons (Fsp3) is 1.00. The summed E-state index contributed by atoms with van der Waals surface area (Å²) >= 11 is 0. The summed E-state index contributed by atoms with van der Waals surface area (Å²) < 4.78 is 0. The van der Waals surface area contributed by atoms with Gasteiger partial charge in [-0.25, -0.2) is 10.5 Å². The van der Waals surface area contributed by atoms with Crippen molar-refractivity contribution in [1.82, 2.24) is 0 Å². The first-order chi connectivity index (χ1) is 1.41. The Morgan fingerprint density at radius 3 is 1.00 bits per heavy atom. The minimum atomic E-state index is 0. The zero-order valence-electron chi connectivity index (χ0n) is 2.30. The van der Waals surface area contributed by atoms with E-state index in [1.54, 1.807) is 0 Å². The van der Waals surface area contributed by atoms with E-state index >= 15 is 0 Å². The van der Waals surface area contributed by atoms with Gasteiger partial charge in [0.05, 0.1) is 0 Å². The quantitative estimate of drug-likeness (QED) is 0.349. The smallest absolute Gasteiger partial charge is 0 e. The molecule has 3 nitrogen and oxygen atoms in total. The summed E-state index contributed by atoms with van der Waals surface area (Å²) in [6.45, 7) is 0. The van der Waals surface area contributed by atoms with Gasteiger partial charge in [-0.1, -0.05) is 12.5 Å². The van der Waals surface area contributed by atoms with E-state index in [0.29, 0.717) is 0 Å². The molecule has 0 saturated carbocycles. The van der Waals surface area contributed by atoms with Gasteiger partial charge in [-0.2, -0.15) is 0 Å². The van der Waals surface area contributed by atoms with Crippen LogP contribution in [0.25, 0.3) is 0 Å². The molecule has 0 amide bonds. The summed E-state index contributed by atoms with van der Waals surface area (Å²) in [7, 11) is 0. The molecule has 0 bridgehead atoms. The summed E-state index contributed by atoms with van der Waals surface area (Å²) in [6, 6.07) is 0. The van der Waals surface area contributed by atoms with Gasteiger partial charge in [0.2, 0.25) is 0 Å². The summed E-state index contributed by atoms with van der Waals surface area (Å²) in [5.74, 6) is 0. The second kappa shape index (κ2) is 28.1. The minimum absolute atomic E-state index is 0. The molecular formula is CH6O3U2. The molecule has 0 spiro atoms. The average Bonchev–Trinajstić information content (AvgIpc) is 0.918. The monoisotopic (exact) mass is 542 g/mol. The Labute approximate surface area is 84.1 Å². The molecule has 0 rings (SSSR count). The molecule has 0 aliphatic rings. The zero-order valence-corrected chi connectivity index (χ0v) is 10.6. The third-order valence-corrected chi connectivity index (χ3v) is 0. The summed E-state index contributed by atoms with van der Waals surface area (Å²) in [6.07, 6.45) is 0. The molecule has 0 fully saturated rings. The molecule has 0 aromatic carbocycles. The van der Waals surface area contributed by atoms with E-state index in [4.69, 9.17) is 10.5 Å². The van der Waals surface area contributed by atoms with Crippen molar-refractivity contribution >= 4 is 0 Å². The fourth-order valence-corrected chi connectivity index (χ4v) is 0. The minimum Gasteiger partial charge on any atom is -0.221 e. The van der Waals surface area contributed by atoms with E-state index in [0.717, 1.165) is 0 Å². The van der Waals surface area contributed by atoms with Crippen LogP contribution in [0.15, 0.2) is 0 Å². The Kier molecular flexibility index (Phi) is 115. The van der Waals surface area contributed by atoms with Gasteiger partial charge in [-0.15, -0.1) is 0 Å². The van der Waals surface area contributed by atoms with Gasteiger partial charge in [0.1, 0.15) is 0 Å². The summed E-state index contributed by atoms with van der Waals surface area (Å²) in [5, 5.41) is 15.5. The standard InChI is InChI=1S/CH4.H2O3.2U/c;1-3-2;;/h1H4;1-2H;;. The van der Waals surface area contributed by atoms with Crippen molar-refractivity contribution < 1.29 is 77.8 Å². The molecular weight excluding hydrogens is 536 g/mol. The van der Waals surface area contributed by atoms with E-state index in [2.05, 4.69) is 5.04 Å². The third kappa shape index (κ3) is 37.8. The summed E-state index contributed by atoms with van der Waals surface area (Å²) in [5.41, 5.74) is 0. The first-order valence-electron chi connectivity index (χ1n) is 0.365. The Morgan fingerprint density at radius 2 is 1.00 bits per heavy atom. The normalized spacial score (nSPS) is 3.00. The second-order valence-corrected chi connectivity index (χ2v) is 0.0816. The molecule has 0 atom stereocenters. The van der Waals surface area contributed by atoms with Crippen LogP contribution in [0.2, 0.25) is 0 Å².